The number of carboxylic acids is 1. The summed E-state index contributed by atoms with van der Waals surface area (Å²) in [5.41, 5.74) is -0.311. The second-order valence-electron chi connectivity index (χ2n) is 3.41. The molecule has 0 bridgehead atoms. The van der Waals surface area contributed by atoms with Gasteiger partial charge in [0.15, 0.2) is 17.4 Å². The van der Waals surface area contributed by atoms with E-state index in [-0.39, 0.29) is 22.4 Å². The number of halogens is 2. The van der Waals surface area contributed by atoms with Crippen LogP contribution in [0, 0.1) is 10.1 Å². The molecule has 9 nitrogen and oxygen atoms in total. The Morgan fingerprint density at radius 2 is 1.89 bits per heavy atom. The number of hydrogen-bond acceptors (Lipinski definition) is 5. The predicted molar refractivity (Wildman–Crippen MR) is 63.5 cm³/mol. The lowest BCUT2D eigenvalue weighted by Gasteiger charge is -1.96. The molecule has 2 aromatic heterocycles. The minimum atomic E-state index is -1.27. The Bertz CT molecular complexity index is 608. The minimum Gasteiger partial charge on any atom is -0.476 e. The van der Waals surface area contributed by atoms with Crippen molar-refractivity contribution >= 4 is 35.0 Å². The molecule has 0 amide bonds. The van der Waals surface area contributed by atoms with E-state index in [1.54, 1.807) is 0 Å². The summed E-state index contributed by atoms with van der Waals surface area (Å²) < 4.78 is 2.33. The van der Waals surface area contributed by atoms with E-state index in [2.05, 4.69) is 10.2 Å². The fraction of sp³-hybridized carbons (Fsp3) is 0.125. The van der Waals surface area contributed by atoms with Crippen molar-refractivity contribution in [3.05, 3.63) is 38.2 Å². The summed E-state index contributed by atoms with van der Waals surface area (Å²) in [6.07, 6.45) is 2.50. The quantitative estimate of drug-likeness (QED) is 0.676. The van der Waals surface area contributed by atoms with Crippen LogP contribution in [0.25, 0.3) is 0 Å². The van der Waals surface area contributed by atoms with E-state index in [0.717, 1.165) is 4.68 Å². The third-order valence-electron chi connectivity index (χ3n) is 2.08. The van der Waals surface area contributed by atoms with E-state index in [1.807, 2.05) is 0 Å². The van der Waals surface area contributed by atoms with Crippen molar-refractivity contribution in [3.8, 4) is 0 Å². The molecule has 2 rings (SSSR count). The van der Waals surface area contributed by atoms with Gasteiger partial charge >= 0.3 is 11.8 Å². The Labute approximate surface area is 115 Å². The molecule has 0 spiro atoms. The zero-order chi connectivity index (χ0) is 14.2. The zero-order valence-corrected chi connectivity index (χ0v) is 10.5. The van der Waals surface area contributed by atoms with Crippen LogP contribution < -0.4 is 0 Å². The van der Waals surface area contributed by atoms with E-state index in [9.17, 15) is 14.9 Å². The number of nitrogens with zero attached hydrogens (tertiary/aromatic N) is 5. The number of carbonyl (C=O) groups is 1. The van der Waals surface area contributed by atoms with Crippen LogP contribution >= 0.6 is 23.2 Å². The lowest BCUT2D eigenvalue weighted by molar-refractivity contribution is -0.389. The molecule has 0 saturated carbocycles. The van der Waals surface area contributed by atoms with Gasteiger partial charge in [-0.05, 0) is 4.92 Å². The van der Waals surface area contributed by atoms with Gasteiger partial charge in [-0.1, -0.05) is 23.2 Å². The first-order valence-corrected chi connectivity index (χ1v) is 5.47. The van der Waals surface area contributed by atoms with Crippen molar-refractivity contribution in [2.75, 3.05) is 0 Å². The molecule has 2 aromatic rings. The average Bonchev–Trinajstić information content (AvgIpc) is 2.82. The Morgan fingerprint density at radius 1 is 1.32 bits per heavy atom. The summed E-state index contributed by atoms with van der Waals surface area (Å²) in [4.78, 5) is 20.6. The molecule has 1 N–H and O–H groups in total. The van der Waals surface area contributed by atoms with Gasteiger partial charge in [0.05, 0.1) is 16.3 Å². The molecule has 0 aromatic carbocycles. The molecule has 19 heavy (non-hydrogen) atoms. The number of rotatable bonds is 4. The van der Waals surface area contributed by atoms with Gasteiger partial charge < -0.3 is 15.2 Å². The Morgan fingerprint density at radius 3 is 2.37 bits per heavy atom. The predicted octanol–water partition coefficient (Wildman–Crippen LogP) is 1.50. The highest BCUT2D eigenvalue weighted by atomic mass is 35.5. The molecule has 0 fully saturated rings. The van der Waals surface area contributed by atoms with Crippen molar-refractivity contribution in [1.82, 2.24) is 19.6 Å². The summed E-state index contributed by atoms with van der Waals surface area (Å²) in [6.45, 7) is -0.0550. The van der Waals surface area contributed by atoms with Crippen LogP contribution in [0.3, 0.4) is 0 Å². The normalized spacial score (nSPS) is 10.6. The molecule has 11 heteroatoms. The standard InChI is InChI=1S/C8H5Cl2N5O4/c9-4-1-13(11-6(4)8(16)17)3-14-2-5(10)7(12-14)15(18)19/h1-2H,3H2,(H,16,17). The molecular weight excluding hydrogens is 301 g/mol. The van der Waals surface area contributed by atoms with Crippen LogP contribution in [-0.4, -0.2) is 35.6 Å². The van der Waals surface area contributed by atoms with E-state index in [4.69, 9.17) is 28.3 Å². The van der Waals surface area contributed by atoms with Crippen molar-refractivity contribution in [3.63, 3.8) is 0 Å². The maximum absolute atomic E-state index is 10.7. The number of hydrogen-bond donors (Lipinski definition) is 1. The molecule has 0 radical (unpaired) electrons. The zero-order valence-electron chi connectivity index (χ0n) is 9.03. The molecule has 100 valence electrons. The third kappa shape index (κ3) is 2.66. The Balaban J connectivity index is 2.26. The first kappa shape index (κ1) is 13.3. The lowest BCUT2D eigenvalue weighted by atomic mass is 10.4. The van der Waals surface area contributed by atoms with Gasteiger partial charge in [0, 0.05) is 6.20 Å². The fourth-order valence-corrected chi connectivity index (χ4v) is 1.80. The third-order valence-corrected chi connectivity index (χ3v) is 2.62. The monoisotopic (exact) mass is 305 g/mol. The SMILES string of the molecule is O=C(O)c1nn(Cn2cc(Cl)c([N+](=O)[O-])n2)cc1Cl. The number of aromatic carboxylic acids is 1. The maximum atomic E-state index is 10.7. The molecule has 0 aliphatic carbocycles. The molecule has 0 atom stereocenters. The first-order valence-electron chi connectivity index (χ1n) is 4.72. The van der Waals surface area contributed by atoms with Crippen molar-refractivity contribution in [1.29, 1.82) is 0 Å². The smallest absolute Gasteiger partial charge is 0.408 e. The van der Waals surface area contributed by atoms with Gasteiger partial charge in [-0.15, -0.1) is 0 Å². The van der Waals surface area contributed by atoms with Crippen molar-refractivity contribution in [2.24, 2.45) is 0 Å². The first-order chi connectivity index (χ1) is 8.88. The number of carboxylic acid groups (broad SMARTS) is 1. The topological polar surface area (TPSA) is 116 Å². The molecule has 0 unspecified atom stereocenters. The van der Waals surface area contributed by atoms with E-state index in [0.29, 0.717) is 0 Å². The van der Waals surface area contributed by atoms with E-state index in [1.165, 1.54) is 17.1 Å². The van der Waals surface area contributed by atoms with Gasteiger partial charge in [0.2, 0.25) is 0 Å². The number of nitro groups is 1. The Hall–Kier alpha value is -2.13. The van der Waals surface area contributed by atoms with Gasteiger partial charge in [-0.2, -0.15) is 9.78 Å². The second kappa shape index (κ2) is 4.86. The molecular formula is C8H5Cl2N5O4. The minimum absolute atomic E-state index is 0.0414. The van der Waals surface area contributed by atoms with Crippen LogP contribution in [0.1, 0.15) is 10.5 Å². The summed E-state index contributed by atoms with van der Waals surface area (Å²) >= 11 is 11.3. The summed E-state index contributed by atoms with van der Waals surface area (Å²) in [5.74, 6) is -1.76. The van der Waals surface area contributed by atoms with Crippen LogP contribution in [0.2, 0.25) is 10.0 Å². The average molecular weight is 306 g/mol. The highest BCUT2D eigenvalue weighted by Crippen LogP contribution is 2.21. The highest BCUT2D eigenvalue weighted by molar-refractivity contribution is 6.33. The van der Waals surface area contributed by atoms with Gasteiger partial charge in [0.25, 0.3) is 0 Å². The summed E-state index contributed by atoms with van der Waals surface area (Å²) in [6, 6.07) is 0. The maximum Gasteiger partial charge on any atom is 0.408 e. The van der Waals surface area contributed by atoms with Crippen LogP contribution in [0.4, 0.5) is 5.82 Å². The van der Waals surface area contributed by atoms with Crippen LogP contribution in [-0.2, 0) is 6.67 Å². The largest absolute Gasteiger partial charge is 0.476 e. The summed E-state index contributed by atoms with van der Waals surface area (Å²) in [7, 11) is 0. The molecule has 0 saturated heterocycles. The van der Waals surface area contributed by atoms with Crippen LogP contribution in [0.5, 0.6) is 0 Å². The van der Waals surface area contributed by atoms with E-state index >= 15 is 0 Å². The van der Waals surface area contributed by atoms with Gasteiger partial charge in [-0.25, -0.2) is 9.48 Å². The molecule has 0 aliphatic rings. The second-order valence-corrected chi connectivity index (χ2v) is 4.22. The van der Waals surface area contributed by atoms with Crippen molar-refractivity contribution in [2.45, 2.75) is 6.67 Å². The fourth-order valence-electron chi connectivity index (χ4n) is 1.35. The van der Waals surface area contributed by atoms with Gasteiger partial charge in [-0.3, -0.25) is 0 Å². The summed E-state index contributed by atoms with van der Waals surface area (Å²) in [5, 5.41) is 26.5. The molecule has 0 aliphatic heterocycles. The van der Waals surface area contributed by atoms with E-state index < -0.39 is 16.7 Å². The van der Waals surface area contributed by atoms with Crippen LogP contribution in [0.15, 0.2) is 12.4 Å². The van der Waals surface area contributed by atoms with Crippen molar-refractivity contribution < 1.29 is 14.8 Å². The number of aromatic nitrogens is 4. The van der Waals surface area contributed by atoms with Gasteiger partial charge in [0.1, 0.15) is 0 Å². The lowest BCUT2D eigenvalue weighted by Crippen LogP contribution is -2.10. The molecule has 2 heterocycles. The highest BCUT2D eigenvalue weighted by Gasteiger charge is 2.20. The Kier molecular flexibility index (Phi) is 3.40.